The Kier molecular flexibility index (Phi) is 4.26. The summed E-state index contributed by atoms with van der Waals surface area (Å²) in [5.74, 6) is -0.544. The summed E-state index contributed by atoms with van der Waals surface area (Å²) in [4.78, 5) is 12.3. The Balaban J connectivity index is 2.37. The lowest BCUT2D eigenvalue weighted by atomic mass is 10.00. The Hall–Kier alpha value is -2.30. The fourth-order valence-electron chi connectivity index (χ4n) is 2.23. The van der Waals surface area contributed by atoms with Crippen molar-refractivity contribution >= 4 is 11.6 Å². The summed E-state index contributed by atoms with van der Waals surface area (Å²) in [5, 5.41) is 2.36. The topological polar surface area (TPSA) is 29.1 Å². The smallest absolute Gasteiger partial charge is 0.321 e. The van der Waals surface area contributed by atoms with E-state index in [1.165, 1.54) is 18.2 Å². The number of para-hydroxylation sites is 1. The minimum atomic E-state index is -4.51. The minimum absolute atomic E-state index is 0.238. The molecule has 0 atom stereocenters. The van der Waals surface area contributed by atoms with E-state index in [2.05, 4.69) is 5.32 Å². The second kappa shape index (κ2) is 5.83. The zero-order valence-electron chi connectivity index (χ0n) is 12.5. The summed E-state index contributed by atoms with van der Waals surface area (Å²) in [6.45, 7) is 5.54. The molecule has 0 bridgehead atoms. The van der Waals surface area contributed by atoms with Crippen LogP contribution in [0.4, 0.5) is 18.9 Å². The van der Waals surface area contributed by atoms with Gasteiger partial charge in [-0.1, -0.05) is 18.2 Å². The Morgan fingerprint density at radius 1 is 0.955 bits per heavy atom. The quantitative estimate of drug-likeness (QED) is 0.841. The van der Waals surface area contributed by atoms with E-state index >= 15 is 0 Å². The van der Waals surface area contributed by atoms with Crippen LogP contribution in [0.3, 0.4) is 0 Å². The molecule has 0 aliphatic heterocycles. The number of carbonyl (C=O) groups is 1. The van der Waals surface area contributed by atoms with E-state index in [0.717, 1.165) is 22.8 Å². The van der Waals surface area contributed by atoms with E-state index in [4.69, 9.17) is 0 Å². The maximum absolute atomic E-state index is 12.9. The number of hydrogen-bond donors (Lipinski definition) is 1. The molecule has 0 heterocycles. The van der Waals surface area contributed by atoms with E-state index in [0.29, 0.717) is 5.56 Å². The van der Waals surface area contributed by atoms with Gasteiger partial charge in [-0.2, -0.15) is 13.2 Å². The number of halogens is 3. The highest BCUT2D eigenvalue weighted by atomic mass is 19.4. The van der Waals surface area contributed by atoms with Gasteiger partial charge in [0.25, 0.3) is 5.91 Å². The van der Waals surface area contributed by atoms with Crippen molar-refractivity contribution in [1.82, 2.24) is 0 Å². The van der Waals surface area contributed by atoms with Crippen molar-refractivity contribution in [2.24, 2.45) is 0 Å². The summed E-state index contributed by atoms with van der Waals surface area (Å²) in [6.07, 6.45) is -4.51. The monoisotopic (exact) mass is 307 g/mol. The molecule has 0 fully saturated rings. The maximum atomic E-state index is 12.9. The molecule has 1 amide bonds. The summed E-state index contributed by atoms with van der Waals surface area (Å²) >= 11 is 0. The van der Waals surface area contributed by atoms with Gasteiger partial charge in [-0.3, -0.25) is 4.79 Å². The number of amides is 1. The highest BCUT2D eigenvalue weighted by molar-refractivity contribution is 6.05. The Morgan fingerprint density at radius 3 is 2.18 bits per heavy atom. The van der Waals surface area contributed by atoms with Crippen molar-refractivity contribution in [3.05, 3.63) is 64.2 Å². The molecule has 0 spiro atoms. The first-order chi connectivity index (χ1) is 10.2. The summed E-state index contributed by atoms with van der Waals surface area (Å²) in [6, 6.07) is 8.48. The molecule has 1 N–H and O–H groups in total. The van der Waals surface area contributed by atoms with E-state index < -0.39 is 17.6 Å². The van der Waals surface area contributed by atoms with Gasteiger partial charge in [0.15, 0.2) is 0 Å². The molecule has 5 heteroatoms. The minimum Gasteiger partial charge on any atom is -0.321 e. The third-order valence-corrected chi connectivity index (χ3v) is 3.57. The molecule has 0 aromatic heterocycles. The Morgan fingerprint density at radius 2 is 1.55 bits per heavy atom. The van der Waals surface area contributed by atoms with Crippen molar-refractivity contribution < 1.29 is 18.0 Å². The van der Waals surface area contributed by atoms with Gasteiger partial charge in [0, 0.05) is 5.56 Å². The summed E-state index contributed by atoms with van der Waals surface area (Å²) in [7, 11) is 0. The highest BCUT2D eigenvalue weighted by Gasteiger charge is 2.33. The Bertz CT molecular complexity index is 720. The first kappa shape index (κ1) is 16.1. The second-order valence-corrected chi connectivity index (χ2v) is 5.25. The molecular formula is C17H16F3NO. The number of benzene rings is 2. The number of aryl methyl sites for hydroxylation is 3. The molecule has 116 valence electrons. The number of nitrogens with one attached hydrogen (secondary N) is 1. The zero-order chi connectivity index (χ0) is 16.5. The van der Waals surface area contributed by atoms with Gasteiger partial charge in [0.05, 0.1) is 11.3 Å². The van der Waals surface area contributed by atoms with Crippen LogP contribution in [-0.4, -0.2) is 5.91 Å². The third kappa shape index (κ3) is 3.30. The molecule has 2 rings (SSSR count). The third-order valence-electron chi connectivity index (χ3n) is 3.57. The van der Waals surface area contributed by atoms with Crippen LogP contribution >= 0.6 is 0 Å². The average Bonchev–Trinajstić information content (AvgIpc) is 2.42. The van der Waals surface area contributed by atoms with Gasteiger partial charge in [-0.15, -0.1) is 0 Å². The lowest BCUT2D eigenvalue weighted by molar-refractivity contribution is -0.136. The van der Waals surface area contributed by atoms with Gasteiger partial charge >= 0.3 is 6.18 Å². The van der Waals surface area contributed by atoms with Crippen molar-refractivity contribution in [3.8, 4) is 0 Å². The fourth-order valence-corrected chi connectivity index (χ4v) is 2.23. The highest BCUT2D eigenvalue weighted by Crippen LogP contribution is 2.34. The second-order valence-electron chi connectivity index (χ2n) is 5.25. The first-order valence-corrected chi connectivity index (χ1v) is 6.75. The molecule has 0 saturated heterocycles. The number of carbonyl (C=O) groups excluding carboxylic acids is 1. The molecule has 22 heavy (non-hydrogen) atoms. The van der Waals surface area contributed by atoms with E-state index in [-0.39, 0.29) is 5.69 Å². The van der Waals surface area contributed by atoms with Crippen LogP contribution in [0.1, 0.15) is 32.6 Å². The van der Waals surface area contributed by atoms with Gasteiger partial charge in [0.1, 0.15) is 0 Å². The lowest BCUT2D eigenvalue weighted by Crippen LogP contribution is -2.17. The maximum Gasteiger partial charge on any atom is 0.418 e. The normalized spacial score (nSPS) is 11.4. The van der Waals surface area contributed by atoms with Crippen molar-refractivity contribution in [3.63, 3.8) is 0 Å². The number of rotatable bonds is 2. The molecule has 2 nitrogen and oxygen atoms in total. The molecule has 0 aliphatic carbocycles. The predicted octanol–water partition coefficient (Wildman–Crippen LogP) is 4.88. The summed E-state index contributed by atoms with van der Waals surface area (Å²) < 4.78 is 38.8. The van der Waals surface area contributed by atoms with Crippen LogP contribution in [0.5, 0.6) is 0 Å². The number of alkyl halides is 3. The molecule has 0 aliphatic rings. The van der Waals surface area contributed by atoms with Crippen LogP contribution in [-0.2, 0) is 6.18 Å². The van der Waals surface area contributed by atoms with Gasteiger partial charge in [0.2, 0.25) is 0 Å². The van der Waals surface area contributed by atoms with Crippen LogP contribution in [0, 0.1) is 20.8 Å². The largest absolute Gasteiger partial charge is 0.418 e. The van der Waals surface area contributed by atoms with Crippen LogP contribution < -0.4 is 5.32 Å². The van der Waals surface area contributed by atoms with Crippen LogP contribution in [0.15, 0.2) is 36.4 Å². The summed E-state index contributed by atoms with van der Waals surface area (Å²) in [5.41, 5.74) is 1.96. The zero-order valence-corrected chi connectivity index (χ0v) is 12.5. The van der Waals surface area contributed by atoms with Crippen molar-refractivity contribution in [2.75, 3.05) is 5.32 Å². The Labute approximate surface area is 127 Å². The fraction of sp³-hybridized carbons (Fsp3) is 0.235. The van der Waals surface area contributed by atoms with Gasteiger partial charge in [-0.05, 0) is 55.7 Å². The molecule has 0 unspecified atom stereocenters. The van der Waals surface area contributed by atoms with E-state index in [9.17, 15) is 18.0 Å². The molecule has 0 saturated carbocycles. The standard InChI is InChI=1S/C17H16F3NO/c1-10-8-12(3)13(9-11(10)2)16(22)21-15-7-5-4-6-14(15)17(18,19)20/h4-9H,1-3H3,(H,21,22). The molecule has 2 aromatic rings. The number of hydrogen-bond acceptors (Lipinski definition) is 1. The van der Waals surface area contributed by atoms with Crippen LogP contribution in [0.25, 0.3) is 0 Å². The van der Waals surface area contributed by atoms with Crippen molar-refractivity contribution in [1.29, 1.82) is 0 Å². The predicted molar refractivity (Wildman–Crippen MR) is 80.1 cm³/mol. The van der Waals surface area contributed by atoms with E-state index in [1.807, 2.05) is 19.9 Å². The first-order valence-electron chi connectivity index (χ1n) is 6.75. The van der Waals surface area contributed by atoms with E-state index in [1.54, 1.807) is 13.0 Å². The SMILES string of the molecule is Cc1cc(C)c(C(=O)Nc2ccccc2C(F)(F)F)cc1C. The average molecular weight is 307 g/mol. The molecule has 0 radical (unpaired) electrons. The van der Waals surface area contributed by atoms with Gasteiger partial charge in [-0.25, -0.2) is 0 Å². The van der Waals surface area contributed by atoms with Crippen molar-refractivity contribution in [2.45, 2.75) is 26.9 Å². The lowest BCUT2D eigenvalue weighted by Gasteiger charge is -2.15. The molecule has 2 aromatic carbocycles. The number of anilines is 1. The van der Waals surface area contributed by atoms with Gasteiger partial charge < -0.3 is 5.32 Å². The van der Waals surface area contributed by atoms with Crippen LogP contribution in [0.2, 0.25) is 0 Å². The molecular weight excluding hydrogens is 291 g/mol.